The molecule has 2 aromatic rings. The van der Waals surface area contributed by atoms with Crippen LogP contribution in [0.25, 0.3) is 0 Å². The van der Waals surface area contributed by atoms with Gasteiger partial charge in [0, 0.05) is 24.3 Å². The van der Waals surface area contributed by atoms with Crippen LogP contribution in [0.1, 0.15) is 36.5 Å². The van der Waals surface area contributed by atoms with Gasteiger partial charge in [-0.2, -0.15) is 4.31 Å². The number of rotatable bonds is 8. The molecule has 2 N–H and O–H groups in total. The lowest BCUT2D eigenvalue weighted by Gasteiger charge is -2.26. The van der Waals surface area contributed by atoms with Gasteiger partial charge in [-0.25, -0.2) is 8.42 Å². The number of hydrogen-bond acceptors (Lipinski definition) is 6. The van der Waals surface area contributed by atoms with Crippen molar-refractivity contribution in [2.45, 2.75) is 31.1 Å². The fourth-order valence-corrected chi connectivity index (χ4v) is 4.94. The van der Waals surface area contributed by atoms with E-state index in [0.29, 0.717) is 35.8 Å². The van der Waals surface area contributed by atoms with Crippen LogP contribution in [-0.4, -0.2) is 51.2 Å². The molecule has 0 spiro atoms. The third-order valence-electron chi connectivity index (χ3n) is 5.14. The largest absolute Gasteiger partial charge is 0.495 e. The summed E-state index contributed by atoms with van der Waals surface area (Å²) >= 11 is 0. The zero-order chi connectivity index (χ0) is 22.4. The van der Waals surface area contributed by atoms with Crippen molar-refractivity contribution in [1.29, 1.82) is 0 Å². The number of carbonyl (C=O) groups is 2. The summed E-state index contributed by atoms with van der Waals surface area (Å²) in [6.07, 6.45) is 2.72. The molecule has 9 heteroatoms. The van der Waals surface area contributed by atoms with Crippen molar-refractivity contribution in [3.05, 3.63) is 48.0 Å². The number of ketones is 1. The molecule has 1 fully saturated rings. The summed E-state index contributed by atoms with van der Waals surface area (Å²) in [4.78, 5) is 23.9. The number of carbonyl (C=O) groups excluding carboxylic acids is 2. The monoisotopic (exact) mass is 445 g/mol. The molecule has 0 unspecified atom stereocenters. The third kappa shape index (κ3) is 5.62. The maximum Gasteiger partial charge on any atom is 0.243 e. The second kappa shape index (κ2) is 9.93. The smallest absolute Gasteiger partial charge is 0.243 e. The summed E-state index contributed by atoms with van der Waals surface area (Å²) in [6, 6.07) is 11.3. The highest BCUT2D eigenvalue weighted by Crippen LogP contribution is 2.30. The van der Waals surface area contributed by atoms with E-state index in [1.54, 1.807) is 30.3 Å². The summed E-state index contributed by atoms with van der Waals surface area (Å²) in [5.41, 5.74) is 1.57. The predicted molar refractivity (Wildman–Crippen MR) is 119 cm³/mol. The van der Waals surface area contributed by atoms with Crippen molar-refractivity contribution in [3.8, 4) is 5.75 Å². The number of anilines is 2. The lowest BCUT2D eigenvalue weighted by molar-refractivity contribution is -0.114. The van der Waals surface area contributed by atoms with Crippen molar-refractivity contribution in [2.24, 2.45) is 0 Å². The molecule has 0 atom stereocenters. The molecule has 0 bridgehead atoms. The molecule has 1 amide bonds. The molecule has 8 nitrogen and oxygen atoms in total. The minimum Gasteiger partial charge on any atom is -0.495 e. The number of benzene rings is 2. The minimum atomic E-state index is -3.63. The number of ether oxygens (including phenoxy) is 1. The van der Waals surface area contributed by atoms with Gasteiger partial charge in [-0.1, -0.05) is 6.42 Å². The number of sulfonamides is 1. The van der Waals surface area contributed by atoms with Crippen molar-refractivity contribution in [1.82, 2.24) is 4.31 Å². The van der Waals surface area contributed by atoms with Gasteiger partial charge in [0.2, 0.25) is 15.9 Å². The molecule has 3 rings (SSSR count). The molecular weight excluding hydrogens is 418 g/mol. The summed E-state index contributed by atoms with van der Waals surface area (Å²) < 4.78 is 32.7. The predicted octanol–water partition coefficient (Wildman–Crippen LogP) is 3.12. The molecule has 0 aliphatic carbocycles. The number of amides is 1. The first-order valence-corrected chi connectivity index (χ1v) is 11.6. The van der Waals surface area contributed by atoms with Crippen LogP contribution in [0.5, 0.6) is 5.75 Å². The Bertz CT molecular complexity index is 1050. The molecule has 31 heavy (non-hydrogen) atoms. The molecule has 1 aliphatic heterocycles. The van der Waals surface area contributed by atoms with Gasteiger partial charge >= 0.3 is 0 Å². The maximum absolute atomic E-state index is 12.9. The topological polar surface area (TPSA) is 105 Å². The Hall–Kier alpha value is -2.91. The molecule has 0 radical (unpaired) electrons. The molecule has 166 valence electrons. The first-order valence-electron chi connectivity index (χ1n) is 10.1. The number of methoxy groups -OCH3 is 1. The Morgan fingerprint density at radius 1 is 1.03 bits per heavy atom. The standard InChI is InChI=1S/C22H27N3O5S/c1-16(26)17-6-8-18(9-7-17)23-15-22(27)24-20-14-19(10-11-21(20)30-2)31(28,29)25-12-4-3-5-13-25/h6-11,14,23H,3-5,12-13,15H2,1-2H3,(H,24,27). The first kappa shape index (κ1) is 22.8. The Morgan fingerprint density at radius 3 is 2.32 bits per heavy atom. The zero-order valence-corrected chi connectivity index (χ0v) is 18.5. The van der Waals surface area contributed by atoms with Crippen LogP contribution in [0.3, 0.4) is 0 Å². The number of nitrogens with zero attached hydrogens (tertiary/aromatic N) is 1. The van der Waals surface area contributed by atoms with E-state index in [0.717, 1.165) is 19.3 Å². The summed E-state index contributed by atoms with van der Waals surface area (Å²) in [5.74, 6) is -0.0194. The van der Waals surface area contributed by atoms with Crippen molar-refractivity contribution < 1.29 is 22.7 Å². The van der Waals surface area contributed by atoms with Crippen LogP contribution in [0, 0.1) is 0 Å². The average Bonchev–Trinajstić information content (AvgIpc) is 2.78. The Labute approximate surface area is 182 Å². The second-order valence-corrected chi connectivity index (χ2v) is 9.30. The van der Waals surface area contributed by atoms with Gasteiger partial charge in [0.15, 0.2) is 5.78 Å². The van der Waals surface area contributed by atoms with Gasteiger partial charge in [-0.3, -0.25) is 9.59 Å². The van der Waals surface area contributed by atoms with Gasteiger partial charge in [0.25, 0.3) is 0 Å². The Morgan fingerprint density at radius 2 is 1.71 bits per heavy atom. The van der Waals surface area contributed by atoms with E-state index in [1.807, 2.05) is 0 Å². The fourth-order valence-electron chi connectivity index (χ4n) is 3.40. The van der Waals surface area contributed by atoms with E-state index in [9.17, 15) is 18.0 Å². The van der Waals surface area contributed by atoms with E-state index in [1.165, 1.54) is 30.5 Å². The highest BCUT2D eigenvalue weighted by molar-refractivity contribution is 7.89. The van der Waals surface area contributed by atoms with Crippen LogP contribution in [-0.2, 0) is 14.8 Å². The van der Waals surface area contributed by atoms with E-state index in [2.05, 4.69) is 10.6 Å². The summed E-state index contributed by atoms with van der Waals surface area (Å²) in [5, 5.41) is 5.69. The number of hydrogen-bond donors (Lipinski definition) is 2. The van der Waals surface area contributed by atoms with E-state index >= 15 is 0 Å². The SMILES string of the molecule is COc1ccc(S(=O)(=O)N2CCCCC2)cc1NC(=O)CNc1ccc(C(C)=O)cc1. The van der Waals surface area contributed by atoms with Crippen molar-refractivity contribution in [2.75, 3.05) is 37.4 Å². The molecule has 0 aromatic heterocycles. The van der Waals surface area contributed by atoms with Crippen LogP contribution in [0.4, 0.5) is 11.4 Å². The molecule has 0 saturated carbocycles. The van der Waals surface area contributed by atoms with Gasteiger partial charge < -0.3 is 15.4 Å². The quantitative estimate of drug-likeness (QED) is 0.605. The van der Waals surface area contributed by atoms with Gasteiger partial charge in [0.05, 0.1) is 24.2 Å². The summed E-state index contributed by atoms with van der Waals surface area (Å²) in [7, 11) is -2.17. The van der Waals surface area contributed by atoms with Crippen LogP contribution < -0.4 is 15.4 Å². The summed E-state index contributed by atoms with van der Waals surface area (Å²) in [6.45, 7) is 2.46. The highest BCUT2D eigenvalue weighted by atomic mass is 32.2. The van der Waals surface area contributed by atoms with Gasteiger partial charge in [-0.05, 0) is 62.2 Å². The average molecular weight is 446 g/mol. The minimum absolute atomic E-state index is 0.0317. The lowest BCUT2D eigenvalue weighted by Crippen LogP contribution is -2.35. The van der Waals surface area contributed by atoms with E-state index in [4.69, 9.17) is 4.74 Å². The van der Waals surface area contributed by atoms with Crippen LogP contribution in [0.15, 0.2) is 47.4 Å². The fraction of sp³-hybridized carbons (Fsp3) is 0.364. The molecule has 2 aromatic carbocycles. The zero-order valence-electron chi connectivity index (χ0n) is 17.7. The molecule has 1 saturated heterocycles. The Balaban J connectivity index is 1.70. The van der Waals surface area contributed by atoms with Crippen LogP contribution >= 0.6 is 0 Å². The van der Waals surface area contributed by atoms with Crippen molar-refractivity contribution in [3.63, 3.8) is 0 Å². The lowest BCUT2D eigenvalue weighted by atomic mass is 10.1. The number of piperidine rings is 1. The Kier molecular flexibility index (Phi) is 7.29. The second-order valence-electron chi connectivity index (χ2n) is 7.36. The van der Waals surface area contributed by atoms with E-state index < -0.39 is 10.0 Å². The molecular formula is C22H27N3O5S. The van der Waals surface area contributed by atoms with E-state index in [-0.39, 0.29) is 23.1 Å². The third-order valence-corrected chi connectivity index (χ3v) is 7.04. The number of Topliss-reactive ketones (excluding diaryl/α,β-unsaturated/α-hetero) is 1. The molecule has 1 heterocycles. The normalized spacial score (nSPS) is 14.6. The highest BCUT2D eigenvalue weighted by Gasteiger charge is 2.27. The molecule has 1 aliphatic rings. The van der Waals surface area contributed by atoms with Crippen molar-refractivity contribution >= 4 is 33.1 Å². The maximum atomic E-state index is 12.9. The van der Waals surface area contributed by atoms with Gasteiger partial charge in [0.1, 0.15) is 5.75 Å². The first-order chi connectivity index (χ1) is 14.8. The number of nitrogens with one attached hydrogen (secondary N) is 2. The van der Waals surface area contributed by atoms with Crippen LogP contribution in [0.2, 0.25) is 0 Å². The van der Waals surface area contributed by atoms with Gasteiger partial charge in [-0.15, -0.1) is 0 Å².